The Bertz CT molecular complexity index is 518. The van der Waals surface area contributed by atoms with Crippen molar-refractivity contribution in [1.82, 2.24) is 19.6 Å². The van der Waals surface area contributed by atoms with Crippen molar-refractivity contribution in [1.29, 1.82) is 0 Å². The number of thiocarbonyl (C=S) groups is 1. The average Bonchev–Trinajstić information content (AvgIpc) is 2.81. The van der Waals surface area contributed by atoms with E-state index in [1.54, 1.807) is 11.9 Å². The van der Waals surface area contributed by atoms with E-state index in [4.69, 9.17) is 12.2 Å². The van der Waals surface area contributed by atoms with Crippen LogP contribution in [0.25, 0.3) is 0 Å². The van der Waals surface area contributed by atoms with Crippen LogP contribution in [0, 0.1) is 5.92 Å². The minimum atomic E-state index is -0.114. The zero-order valence-electron chi connectivity index (χ0n) is 16.7. The molecule has 0 aromatic rings. The van der Waals surface area contributed by atoms with Crippen molar-refractivity contribution in [3.8, 4) is 0 Å². The fourth-order valence-corrected chi connectivity index (χ4v) is 4.02. The second-order valence-corrected chi connectivity index (χ2v) is 8.15. The van der Waals surface area contributed by atoms with Crippen LogP contribution in [-0.4, -0.2) is 88.9 Å². The average molecular weight is 383 g/mol. The molecular formula is C19H34N4O2S. The Kier molecular flexibility index (Phi) is 7.83. The Morgan fingerprint density at radius 1 is 1.08 bits per heavy atom. The van der Waals surface area contributed by atoms with Crippen LogP contribution in [0.4, 0.5) is 0 Å². The van der Waals surface area contributed by atoms with Crippen LogP contribution in [0.1, 0.15) is 46.5 Å². The molecule has 0 aromatic heterocycles. The number of likely N-dealkylation sites (N-methyl/N-ethyl adjacent to an activating group) is 1. The molecule has 2 rings (SSSR count). The van der Waals surface area contributed by atoms with Crippen LogP contribution in [0.15, 0.2) is 0 Å². The van der Waals surface area contributed by atoms with E-state index in [1.165, 1.54) is 12.8 Å². The van der Waals surface area contributed by atoms with Crippen molar-refractivity contribution in [2.24, 2.45) is 5.92 Å². The summed E-state index contributed by atoms with van der Waals surface area (Å²) in [5, 5.41) is 0.663. The number of hydrogen-bond donors (Lipinski definition) is 0. The van der Waals surface area contributed by atoms with Crippen molar-refractivity contribution in [2.45, 2.75) is 52.5 Å². The second kappa shape index (κ2) is 9.65. The first-order valence-electron chi connectivity index (χ1n) is 9.92. The summed E-state index contributed by atoms with van der Waals surface area (Å²) in [6.07, 6.45) is 4.62. The zero-order chi connectivity index (χ0) is 19.3. The van der Waals surface area contributed by atoms with Gasteiger partial charge in [0.2, 0.25) is 5.91 Å². The minimum Gasteiger partial charge on any atom is -0.340 e. The van der Waals surface area contributed by atoms with Crippen molar-refractivity contribution in [3.05, 3.63) is 0 Å². The maximum Gasteiger partial charge on any atom is 0.250 e. The summed E-state index contributed by atoms with van der Waals surface area (Å²) in [4.78, 5) is 32.0. The van der Waals surface area contributed by atoms with Gasteiger partial charge >= 0.3 is 0 Å². The Labute approximate surface area is 163 Å². The second-order valence-electron chi connectivity index (χ2n) is 7.79. The van der Waals surface area contributed by atoms with Crippen molar-refractivity contribution < 1.29 is 9.59 Å². The topological polar surface area (TPSA) is 47.1 Å². The van der Waals surface area contributed by atoms with Gasteiger partial charge in [0.25, 0.3) is 5.91 Å². The number of unbranched alkanes of at least 4 members (excludes halogenated alkanes) is 3. The lowest BCUT2D eigenvalue weighted by atomic mass is 10.1. The van der Waals surface area contributed by atoms with E-state index in [9.17, 15) is 9.59 Å². The van der Waals surface area contributed by atoms with Gasteiger partial charge in [-0.1, -0.05) is 26.7 Å². The first-order chi connectivity index (χ1) is 12.3. The third-order valence-electron chi connectivity index (χ3n) is 5.49. The Morgan fingerprint density at radius 2 is 1.65 bits per heavy atom. The number of carbonyl (C=O) groups excluding carboxylic acids is 2. The molecule has 0 N–H and O–H groups in total. The predicted octanol–water partition coefficient (Wildman–Crippen LogP) is 1.79. The Morgan fingerprint density at radius 3 is 2.15 bits per heavy atom. The Balaban J connectivity index is 1.55. The maximum absolute atomic E-state index is 12.0. The smallest absolute Gasteiger partial charge is 0.250 e. The lowest BCUT2D eigenvalue weighted by Crippen LogP contribution is -2.49. The van der Waals surface area contributed by atoms with Gasteiger partial charge in [-0.15, -0.1) is 0 Å². The van der Waals surface area contributed by atoms with Gasteiger partial charge in [0.15, 0.2) is 5.11 Å². The predicted molar refractivity (Wildman–Crippen MR) is 108 cm³/mol. The highest BCUT2D eigenvalue weighted by atomic mass is 32.1. The third kappa shape index (κ3) is 5.16. The van der Waals surface area contributed by atoms with E-state index in [-0.39, 0.29) is 23.8 Å². The van der Waals surface area contributed by atoms with Crippen LogP contribution in [0.2, 0.25) is 0 Å². The van der Waals surface area contributed by atoms with E-state index in [0.29, 0.717) is 5.11 Å². The monoisotopic (exact) mass is 382 g/mol. The maximum atomic E-state index is 12.0. The van der Waals surface area contributed by atoms with Gasteiger partial charge < -0.3 is 9.80 Å². The number of amides is 2. The summed E-state index contributed by atoms with van der Waals surface area (Å²) < 4.78 is 0. The third-order valence-corrected chi connectivity index (χ3v) is 6.00. The van der Waals surface area contributed by atoms with Gasteiger partial charge in [0, 0.05) is 45.7 Å². The van der Waals surface area contributed by atoms with Crippen molar-refractivity contribution >= 4 is 29.1 Å². The van der Waals surface area contributed by atoms with Crippen LogP contribution in [-0.2, 0) is 9.59 Å². The molecule has 0 bridgehead atoms. The summed E-state index contributed by atoms with van der Waals surface area (Å²) in [6, 6.07) is -0.114. The molecule has 2 aliphatic heterocycles. The van der Waals surface area contributed by atoms with Gasteiger partial charge in [-0.3, -0.25) is 19.4 Å². The molecule has 148 valence electrons. The molecular weight excluding hydrogens is 348 g/mol. The molecule has 0 spiro atoms. The molecule has 7 heteroatoms. The minimum absolute atomic E-state index is 0.0999. The standard InChI is InChI=1S/C19H34N4O2S/c1-15(2)17(24)22-13-11-21(12-14-22)9-7-5-6-8-10-23-16(3)18(25)20(4)19(23)26/h15-16H,5-14H2,1-4H3. The Hall–Kier alpha value is -1.21. The van der Waals surface area contributed by atoms with Crippen LogP contribution < -0.4 is 0 Å². The molecule has 0 radical (unpaired) electrons. The molecule has 6 nitrogen and oxygen atoms in total. The highest BCUT2D eigenvalue weighted by Crippen LogP contribution is 2.17. The number of hydrogen-bond acceptors (Lipinski definition) is 4. The lowest BCUT2D eigenvalue weighted by molar-refractivity contribution is -0.136. The normalized spacial score (nSPS) is 22.0. The molecule has 0 aromatic carbocycles. The highest BCUT2D eigenvalue weighted by molar-refractivity contribution is 7.80. The number of rotatable bonds is 8. The van der Waals surface area contributed by atoms with Gasteiger partial charge in [0.1, 0.15) is 6.04 Å². The van der Waals surface area contributed by atoms with Gasteiger partial charge in [-0.25, -0.2) is 0 Å². The van der Waals surface area contributed by atoms with E-state index in [0.717, 1.165) is 52.1 Å². The van der Waals surface area contributed by atoms with E-state index < -0.39 is 0 Å². The molecule has 2 saturated heterocycles. The molecule has 2 fully saturated rings. The largest absolute Gasteiger partial charge is 0.340 e. The summed E-state index contributed by atoms with van der Waals surface area (Å²) in [5.74, 6) is 0.482. The quantitative estimate of drug-likeness (QED) is 0.473. The SMILES string of the molecule is CC(C)C(=O)N1CCN(CCCCCCN2C(=S)N(C)C(=O)C2C)CC1. The zero-order valence-corrected chi connectivity index (χ0v) is 17.6. The first-order valence-corrected chi connectivity index (χ1v) is 10.3. The molecule has 2 amide bonds. The van der Waals surface area contributed by atoms with E-state index >= 15 is 0 Å². The number of piperazine rings is 1. The van der Waals surface area contributed by atoms with Crippen LogP contribution in [0.3, 0.4) is 0 Å². The molecule has 2 aliphatic rings. The van der Waals surface area contributed by atoms with E-state index in [2.05, 4.69) is 4.90 Å². The number of carbonyl (C=O) groups is 2. The lowest BCUT2D eigenvalue weighted by Gasteiger charge is -2.35. The fraction of sp³-hybridized carbons (Fsp3) is 0.842. The summed E-state index contributed by atoms with van der Waals surface area (Å²) in [7, 11) is 1.76. The van der Waals surface area contributed by atoms with Crippen molar-refractivity contribution in [3.63, 3.8) is 0 Å². The molecule has 1 atom stereocenters. The van der Waals surface area contributed by atoms with Crippen LogP contribution >= 0.6 is 12.2 Å². The van der Waals surface area contributed by atoms with Crippen LogP contribution in [0.5, 0.6) is 0 Å². The first kappa shape index (κ1) is 21.1. The molecule has 0 aliphatic carbocycles. The summed E-state index contributed by atoms with van der Waals surface area (Å²) >= 11 is 5.34. The molecule has 1 unspecified atom stereocenters. The fourth-order valence-electron chi connectivity index (χ4n) is 3.68. The van der Waals surface area contributed by atoms with Gasteiger partial charge in [-0.2, -0.15) is 0 Å². The molecule has 2 heterocycles. The number of nitrogens with zero attached hydrogens (tertiary/aromatic N) is 4. The summed E-state index contributed by atoms with van der Waals surface area (Å²) in [6.45, 7) is 11.6. The van der Waals surface area contributed by atoms with E-state index in [1.807, 2.05) is 30.6 Å². The highest BCUT2D eigenvalue weighted by Gasteiger charge is 2.36. The van der Waals surface area contributed by atoms with Gasteiger partial charge in [-0.05, 0) is 38.5 Å². The van der Waals surface area contributed by atoms with Crippen molar-refractivity contribution in [2.75, 3.05) is 46.3 Å². The summed E-state index contributed by atoms with van der Waals surface area (Å²) in [5.41, 5.74) is 0. The molecule has 0 saturated carbocycles. The molecule has 26 heavy (non-hydrogen) atoms. The van der Waals surface area contributed by atoms with Gasteiger partial charge in [0.05, 0.1) is 0 Å².